The standard InChI is InChI=1S/C3H4.C2H2S/c1-3-2;1-2-3/h1-2H2;1H2. The minimum atomic E-state index is 2.08. The molecule has 6 heavy (non-hydrogen) atoms. The van der Waals surface area contributed by atoms with E-state index in [1.165, 1.54) is 0 Å². The van der Waals surface area contributed by atoms with Crippen molar-refractivity contribution in [3.05, 3.63) is 25.5 Å². The van der Waals surface area contributed by atoms with Crippen LogP contribution in [0.4, 0.5) is 0 Å². The fraction of sp³-hybridized carbons (Fsp3) is 0. The lowest BCUT2D eigenvalue weighted by molar-refractivity contribution is 2.51. The van der Waals surface area contributed by atoms with Gasteiger partial charge in [-0.05, 0) is 18.8 Å². The summed E-state index contributed by atoms with van der Waals surface area (Å²) in [5.74, 6) is 0. The highest BCUT2D eigenvalue weighted by molar-refractivity contribution is 7.78. The smallest absolute Gasteiger partial charge is 0.0285 e. The summed E-state index contributed by atoms with van der Waals surface area (Å²) in [6.07, 6.45) is 0. The highest BCUT2D eigenvalue weighted by atomic mass is 32.1. The molecule has 0 amide bonds. The van der Waals surface area contributed by atoms with Gasteiger partial charge in [0.25, 0.3) is 0 Å². The summed E-state index contributed by atoms with van der Waals surface area (Å²) in [5, 5.41) is 2.08. The first-order chi connectivity index (χ1) is 2.83. The summed E-state index contributed by atoms with van der Waals surface area (Å²) in [4.78, 5) is 0. The summed E-state index contributed by atoms with van der Waals surface area (Å²) < 4.78 is 0. The molecule has 0 radical (unpaired) electrons. The SMILES string of the molecule is C=C=C.C=C=S. The summed E-state index contributed by atoms with van der Waals surface area (Å²) in [7, 11) is 0. The fourth-order valence-electron chi connectivity index (χ4n) is 0. The Balaban J connectivity index is 0. The van der Waals surface area contributed by atoms with E-state index >= 15 is 0 Å². The van der Waals surface area contributed by atoms with Gasteiger partial charge in [-0.15, -0.1) is 5.73 Å². The van der Waals surface area contributed by atoms with E-state index in [1.807, 2.05) is 0 Å². The van der Waals surface area contributed by atoms with Crippen molar-refractivity contribution in [1.82, 2.24) is 0 Å². The molecule has 0 spiro atoms. The van der Waals surface area contributed by atoms with Gasteiger partial charge in [-0.3, -0.25) is 0 Å². The normalized spacial score (nSPS) is 2.67. The lowest BCUT2D eigenvalue weighted by atomic mass is 11.0. The van der Waals surface area contributed by atoms with Gasteiger partial charge < -0.3 is 0 Å². The van der Waals surface area contributed by atoms with E-state index in [0.717, 1.165) is 0 Å². The quantitative estimate of drug-likeness (QED) is 0.328. The van der Waals surface area contributed by atoms with Crippen molar-refractivity contribution in [1.29, 1.82) is 0 Å². The van der Waals surface area contributed by atoms with E-state index in [1.54, 1.807) is 0 Å². The minimum absolute atomic E-state index is 2.08. The molecule has 0 aliphatic heterocycles. The zero-order valence-electron chi connectivity index (χ0n) is 3.53. The van der Waals surface area contributed by atoms with Gasteiger partial charge in [-0.2, -0.15) is 0 Å². The van der Waals surface area contributed by atoms with Crippen LogP contribution in [0, 0.1) is 0 Å². The van der Waals surface area contributed by atoms with Gasteiger partial charge >= 0.3 is 0 Å². The van der Waals surface area contributed by atoms with Crippen LogP contribution in [0.15, 0.2) is 25.5 Å². The van der Waals surface area contributed by atoms with Crippen LogP contribution in [0.3, 0.4) is 0 Å². The number of rotatable bonds is 0. The van der Waals surface area contributed by atoms with Crippen LogP contribution < -0.4 is 0 Å². The molecule has 0 N–H and O–H groups in total. The maximum absolute atomic E-state index is 4.03. The molecule has 0 aliphatic rings. The zero-order chi connectivity index (χ0) is 5.41. The molecule has 0 unspecified atom stereocenters. The Morgan fingerprint density at radius 3 is 1.17 bits per heavy atom. The predicted octanol–water partition coefficient (Wildman–Crippen LogP) is 1.73. The maximum atomic E-state index is 4.03. The highest BCUT2D eigenvalue weighted by Gasteiger charge is 0.955. The van der Waals surface area contributed by atoms with Crippen molar-refractivity contribution in [2.75, 3.05) is 0 Å². The Morgan fingerprint density at radius 2 is 1.17 bits per heavy atom. The Morgan fingerprint density at radius 1 is 1.17 bits per heavy atom. The Bertz CT molecular complexity index is 57.9. The summed E-state index contributed by atoms with van der Waals surface area (Å²) in [6, 6.07) is 0. The van der Waals surface area contributed by atoms with Crippen LogP contribution in [0.2, 0.25) is 0 Å². The first-order valence-electron chi connectivity index (χ1n) is 1.26. The molecule has 0 aromatic rings. The predicted molar refractivity (Wildman–Crippen MR) is 33.0 cm³/mol. The van der Waals surface area contributed by atoms with Gasteiger partial charge in [0.1, 0.15) is 0 Å². The topological polar surface area (TPSA) is 0 Å². The van der Waals surface area contributed by atoms with E-state index in [0.29, 0.717) is 0 Å². The molecular formula is C5H6S. The second kappa shape index (κ2) is 26.1. The number of thiocarbonyl (C=S) groups is 1. The summed E-state index contributed by atoms with van der Waals surface area (Å²) >= 11 is 4.03. The van der Waals surface area contributed by atoms with Crippen LogP contribution in [0.1, 0.15) is 0 Å². The Kier molecular flexibility index (Phi) is 39.3. The second-order valence-electron chi connectivity index (χ2n) is 0.394. The molecule has 0 saturated carbocycles. The van der Waals surface area contributed by atoms with Crippen molar-refractivity contribution in [3.8, 4) is 0 Å². The molecule has 1 heteroatoms. The van der Waals surface area contributed by atoms with Crippen LogP contribution in [0.5, 0.6) is 0 Å². The third-order valence-electron chi connectivity index (χ3n) is 0. The van der Waals surface area contributed by atoms with Gasteiger partial charge in [-0.1, -0.05) is 18.2 Å². The van der Waals surface area contributed by atoms with Crippen LogP contribution >= 0.6 is 12.2 Å². The lowest BCUT2D eigenvalue weighted by Crippen LogP contribution is -1.01. The average Bonchev–Trinajstić information content (AvgIpc) is 1.39. The number of hydrogen-bond donors (Lipinski definition) is 0. The van der Waals surface area contributed by atoms with Crippen LogP contribution in [-0.2, 0) is 0 Å². The van der Waals surface area contributed by atoms with Crippen LogP contribution in [0.25, 0.3) is 0 Å². The first-order valence-corrected chi connectivity index (χ1v) is 1.67. The average molecular weight is 98.2 g/mol. The maximum Gasteiger partial charge on any atom is -0.0285 e. The molecule has 0 aromatic carbocycles. The minimum Gasteiger partial charge on any atom is -0.137 e. The van der Waals surface area contributed by atoms with Crippen molar-refractivity contribution in [3.63, 3.8) is 0 Å². The number of hydrogen-bond acceptors (Lipinski definition) is 1. The van der Waals surface area contributed by atoms with Gasteiger partial charge in [0.2, 0.25) is 0 Å². The fourth-order valence-corrected chi connectivity index (χ4v) is 0. The largest absolute Gasteiger partial charge is 0.137 e. The van der Waals surface area contributed by atoms with Crippen molar-refractivity contribution >= 4 is 17.2 Å². The Labute approximate surface area is 43.5 Å². The Hall–Kier alpha value is -0.610. The van der Waals surface area contributed by atoms with E-state index in [4.69, 9.17) is 0 Å². The van der Waals surface area contributed by atoms with Crippen molar-refractivity contribution in [2.24, 2.45) is 0 Å². The molecule has 32 valence electrons. The van der Waals surface area contributed by atoms with Crippen molar-refractivity contribution < 1.29 is 0 Å². The zero-order valence-corrected chi connectivity index (χ0v) is 4.35. The van der Waals surface area contributed by atoms with E-state index in [-0.39, 0.29) is 0 Å². The van der Waals surface area contributed by atoms with Gasteiger partial charge in [0, 0.05) is 0 Å². The molecule has 0 fully saturated rings. The van der Waals surface area contributed by atoms with E-state index in [2.05, 4.69) is 42.7 Å². The van der Waals surface area contributed by atoms with E-state index in [9.17, 15) is 0 Å². The first kappa shape index (κ1) is 9.04. The molecule has 0 nitrogen and oxygen atoms in total. The molecule has 0 aromatic heterocycles. The monoisotopic (exact) mass is 98.0 g/mol. The summed E-state index contributed by atoms with van der Waals surface area (Å²) in [6.45, 7) is 9.30. The summed E-state index contributed by atoms with van der Waals surface area (Å²) in [5.41, 5.74) is 2.25. The van der Waals surface area contributed by atoms with Crippen LogP contribution in [-0.4, -0.2) is 5.02 Å². The van der Waals surface area contributed by atoms with Gasteiger partial charge in [0.05, 0.1) is 0 Å². The second-order valence-corrected chi connectivity index (χ2v) is 0.683. The van der Waals surface area contributed by atoms with Gasteiger partial charge in [-0.25, -0.2) is 0 Å². The molecule has 0 bridgehead atoms. The molecular weight excluding hydrogens is 92.1 g/mol. The van der Waals surface area contributed by atoms with E-state index < -0.39 is 0 Å². The molecule has 0 heterocycles. The molecule has 0 atom stereocenters. The molecule has 0 rings (SSSR count). The van der Waals surface area contributed by atoms with Crippen molar-refractivity contribution in [2.45, 2.75) is 0 Å². The third-order valence-corrected chi connectivity index (χ3v) is 0. The molecule has 0 saturated heterocycles. The van der Waals surface area contributed by atoms with Gasteiger partial charge in [0.15, 0.2) is 0 Å². The third kappa shape index (κ3) is 52.0. The molecule has 0 aliphatic carbocycles. The highest BCUT2D eigenvalue weighted by Crippen LogP contribution is 1.17. The lowest BCUT2D eigenvalue weighted by Gasteiger charge is -1.10.